The number of nitrogens with zero attached hydrogens (tertiary/aromatic N) is 2. The number of morpholine rings is 1. The van der Waals surface area contributed by atoms with E-state index in [0.717, 1.165) is 13.1 Å². The van der Waals surface area contributed by atoms with Gasteiger partial charge in [0.2, 0.25) is 5.91 Å². The van der Waals surface area contributed by atoms with Crippen molar-refractivity contribution in [2.75, 3.05) is 31.6 Å². The van der Waals surface area contributed by atoms with Crippen LogP contribution in [0.3, 0.4) is 0 Å². The van der Waals surface area contributed by atoms with Gasteiger partial charge in [-0.3, -0.25) is 9.69 Å². The lowest BCUT2D eigenvalue weighted by Gasteiger charge is -2.31. The molecule has 0 spiro atoms. The lowest BCUT2D eigenvalue weighted by molar-refractivity contribution is -0.122. The number of hydrogen-bond acceptors (Lipinski definition) is 5. The monoisotopic (exact) mass is 265 g/mol. The molecule has 1 aliphatic rings. The van der Waals surface area contributed by atoms with E-state index < -0.39 is 0 Å². The Morgan fingerprint density at radius 2 is 2.33 bits per heavy atom. The van der Waals surface area contributed by atoms with Crippen molar-refractivity contribution in [2.45, 2.75) is 13.0 Å². The van der Waals surface area contributed by atoms with Gasteiger partial charge in [0, 0.05) is 13.1 Å². The summed E-state index contributed by atoms with van der Waals surface area (Å²) in [6.07, 6.45) is 0. The quantitative estimate of drug-likeness (QED) is 0.894. The highest BCUT2D eigenvalue weighted by atomic mass is 32.1. The molecule has 1 aromatic heterocycles. The van der Waals surface area contributed by atoms with Crippen molar-refractivity contribution >= 4 is 22.2 Å². The van der Waals surface area contributed by atoms with E-state index in [9.17, 15) is 4.79 Å². The van der Waals surface area contributed by atoms with Crippen LogP contribution >= 0.6 is 11.3 Å². The fourth-order valence-electron chi connectivity index (χ4n) is 1.84. The van der Waals surface area contributed by atoms with Crippen molar-refractivity contribution in [3.63, 3.8) is 0 Å². The summed E-state index contributed by atoms with van der Waals surface area (Å²) >= 11 is 1.37. The average molecular weight is 265 g/mol. The van der Waals surface area contributed by atoms with E-state index in [2.05, 4.69) is 16.3 Å². The fourth-order valence-corrected chi connectivity index (χ4v) is 2.58. The van der Waals surface area contributed by atoms with Gasteiger partial charge in [-0.2, -0.15) is 5.26 Å². The third-order valence-electron chi connectivity index (χ3n) is 3.00. The van der Waals surface area contributed by atoms with Crippen molar-refractivity contribution < 1.29 is 9.53 Å². The third-order valence-corrected chi connectivity index (χ3v) is 3.83. The van der Waals surface area contributed by atoms with Gasteiger partial charge in [-0.05, 0) is 18.4 Å². The van der Waals surface area contributed by atoms with Crippen molar-refractivity contribution in [1.29, 1.82) is 5.26 Å². The SMILES string of the molecule is C[C@H](C(=O)Nc1sccc1C#N)N1CCOCC1. The Bertz CT molecular complexity index is 460. The van der Waals surface area contributed by atoms with Crippen LogP contribution in [0.25, 0.3) is 0 Å². The molecular weight excluding hydrogens is 250 g/mol. The van der Waals surface area contributed by atoms with E-state index in [0.29, 0.717) is 23.8 Å². The highest BCUT2D eigenvalue weighted by Gasteiger charge is 2.23. The van der Waals surface area contributed by atoms with Crippen LogP contribution in [-0.2, 0) is 9.53 Å². The summed E-state index contributed by atoms with van der Waals surface area (Å²) in [6.45, 7) is 4.74. The first-order chi connectivity index (χ1) is 8.72. The standard InChI is InChI=1S/C12H15N3O2S/c1-9(15-3-5-17-6-4-15)11(16)14-12-10(8-13)2-7-18-12/h2,7,9H,3-6H2,1H3,(H,14,16)/t9-/m1/s1. The van der Waals surface area contributed by atoms with Gasteiger partial charge in [0.05, 0.1) is 24.8 Å². The molecule has 1 saturated heterocycles. The maximum atomic E-state index is 12.1. The largest absolute Gasteiger partial charge is 0.379 e. The molecule has 0 aromatic carbocycles. The Labute approximate surface area is 110 Å². The van der Waals surface area contributed by atoms with Gasteiger partial charge >= 0.3 is 0 Å². The highest BCUT2D eigenvalue weighted by molar-refractivity contribution is 7.14. The zero-order chi connectivity index (χ0) is 13.0. The van der Waals surface area contributed by atoms with E-state index in [1.807, 2.05) is 6.92 Å². The molecule has 0 unspecified atom stereocenters. The Balaban J connectivity index is 1.97. The Morgan fingerprint density at radius 3 is 3.00 bits per heavy atom. The van der Waals surface area contributed by atoms with Crippen LogP contribution in [0.15, 0.2) is 11.4 Å². The topological polar surface area (TPSA) is 65.4 Å². The summed E-state index contributed by atoms with van der Waals surface area (Å²) in [5.74, 6) is -0.0733. The number of hydrogen-bond donors (Lipinski definition) is 1. The molecule has 0 bridgehead atoms. The number of carbonyl (C=O) groups excluding carboxylic acids is 1. The first-order valence-corrected chi connectivity index (χ1v) is 6.70. The molecule has 18 heavy (non-hydrogen) atoms. The van der Waals surface area contributed by atoms with Crippen molar-refractivity contribution in [1.82, 2.24) is 4.90 Å². The number of amides is 1. The number of thiophene rings is 1. The molecule has 6 heteroatoms. The van der Waals surface area contributed by atoms with Crippen molar-refractivity contribution in [3.05, 3.63) is 17.0 Å². The van der Waals surface area contributed by atoms with Crippen molar-refractivity contribution in [2.24, 2.45) is 0 Å². The van der Waals surface area contributed by atoms with Gasteiger partial charge in [0.25, 0.3) is 0 Å². The molecule has 0 saturated carbocycles. The lowest BCUT2D eigenvalue weighted by atomic mass is 10.2. The molecule has 1 N–H and O–H groups in total. The van der Waals surface area contributed by atoms with Crippen LogP contribution in [0.1, 0.15) is 12.5 Å². The van der Waals surface area contributed by atoms with Gasteiger partial charge < -0.3 is 10.1 Å². The Kier molecular flexibility index (Phi) is 4.31. The first-order valence-electron chi connectivity index (χ1n) is 5.82. The molecule has 1 aliphatic heterocycles. The lowest BCUT2D eigenvalue weighted by Crippen LogP contribution is -2.47. The van der Waals surface area contributed by atoms with E-state index in [1.165, 1.54) is 11.3 Å². The number of nitriles is 1. The van der Waals surface area contributed by atoms with Crippen LogP contribution < -0.4 is 5.32 Å². The molecule has 1 fully saturated rings. The molecule has 0 radical (unpaired) electrons. The molecule has 2 rings (SSSR count). The average Bonchev–Trinajstić information content (AvgIpc) is 2.86. The van der Waals surface area contributed by atoms with Crippen LogP contribution in [-0.4, -0.2) is 43.2 Å². The summed E-state index contributed by atoms with van der Waals surface area (Å²) < 4.78 is 5.26. The van der Waals surface area contributed by atoms with Gasteiger partial charge in [-0.25, -0.2) is 0 Å². The van der Waals surface area contributed by atoms with Crippen molar-refractivity contribution in [3.8, 4) is 6.07 Å². The zero-order valence-corrected chi connectivity index (χ0v) is 11.0. The number of rotatable bonds is 3. The van der Waals surface area contributed by atoms with E-state index in [1.54, 1.807) is 11.4 Å². The molecule has 1 aromatic rings. The number of carbonyl (C=O) groups is 1. The minimum atomic E-state index is -0.206. The van der Waals surface area contributed by atoms with Gasteiger partial charge in [0.1, 0.15) is 11.1 Å². The van der Waals surface area contributed by atoms with E-state index in [-0.39, 0.29) is 11.9 Å². The molecule has 0 aliphatic carbocycles. The minimum absolute atomic E-state index is 0.0733. The minimum Gasteiger partial charge on any atom is -0.379 e. The fraction of sp³-hybridized carbons (Fsp3) is 0.500. The molecule has 96 valence electrons. The number of ether oxygens (including phenoxy) is 1. The zero-order valence-electron chi connectivity index (χ0n) is 10.2. The van der Waals surface area contributed by atoms with E-state index >= 15 is 0 Å². The number of nitrogens with one attached hydrogen (secondary N) is 1. The van der Waals surface area contributed by atoms with Crippen LogP contribution in [0.5, 0.6) is 0 Å². The summed E-state index contributed by atoms with van der Waals surface area (Å²) in [7, 11) is 0. The summed E-state index contributed by atoms with van der Waals surface area (Å²) in [4.78, 5) is 14.2. The predicted molar refractivity (Wildman–Crippen MR) is 69.5 cm³/mol. The second kappa shape index (κ2) is 5.96. The molecule has 1 atom stereocenters. The smallest absolute Gasteiger partial charge is 0.242 e. The highest BCUT2D eigenvalue weighted by Crippen LogP contribution is 2.22. The second-order valence-corrected chi connectivity index (χ2v) is 5.00. The number of anilines is 1. The van der Waals surface area contributed by atoms with Gasteiger partial charge in [-0.1, -0.05) is 0 Å². The third kappa shape index (κ3) is 2.88. The summed E-state index contributed by atoms with van der Waals surface area (Å²) in [5.41, 5.74) is 0.516. The van der Waals surface area contributed by atoms with Crippen LogP contribution in [0, 0.1) is 11.3 Å². The summed E-state index contributed by atoms with van der Waals surface area (Å²) in [5, 5.41) is 14.1. The second-order valence-electron chi connectivity index (χ2n) is 4.09. The molecule has 1 amide bonds. The maximum Gasteiger partial charge on any atom is 0.242 e. The van der Waals surface area contributed by atoms with Crippen LogP contribution in [0.4, 0.5) is 5.00 Å². The summed E-state index contributed by atoms with van der Waals surface area (Å²) in [6, 6.07) is 3.56. The Hall–Kier alpha value is -1.42. The molecular formula is C12H15N3O2S. The van der Waals surface area contributed by atoms with E-state index in [4.69, 9.17) is 10.00 Å². The first kappa shape index (κ1) is 13.0. The maximum absolute atomic E-state index is 12.1. The van der Waals surface area contributed by atoms with Gasteiger partial charge in [0.15, 0.2) is 0 Å². The predicted octanol–water partition coefficient (Wildman–Crippen LogP) is 1.28. The molecule has 2 heterocycles. The van der Waals surface area contributed by atoms with Crippen LogP contribution in [0.2, 0.25) is 0 Å². The van der Waals surface area contributed by atoms with Gasteiger partial charge in [-0.15, -0.1) is 11.3 Å². The molecule has 5 nitrogen and oxygen atoms in total. The Morgan fingerprint density at radius 1 is 1.61 bits per heavy atom. The normalized spacial score (nSPS) is 18.0.